The number of fused-ring (bicyclic) bond motifs is 1. The van der Waals surface area contributed by atoms with E-state index in [0.29, 0.717) is 23.0 Å². The minimum Gasteiger partial charge on any atom is -0.326 e. The fourth-order valence-electron chi connectivity index (χ4n) is 3.17. The lowest BCUT2D eigenvalue weighted by molar-refractivity contribution is 0.560. The van der Waals surface area contributed by atoms with Gasteiger partial charge in [0.1, 0.15) is 0 Å². The van der Waals surface area contributed by atoms with Crippen LogP contribution in [0.4, 0.5) is 0 Å². The second-order valence-corrected chi connectivity index (χ2v) is 7.28. The van der Waals surface area contributed by atoms with Crippen LogP contribution in [0, 0.1) is 0 Å². The van der Waals surface area contributed by atoms with Crippen molar-refractivity contribution in [2.24, 2.45) is 5.73 Å². The first-order chi connectivity index (χ1) is 9.62. The van der Waals surface area contributed by atoms with E-state index in [4.69, 9.17) is 5.73 Å². The van der Waals surface area contributed by atoms with Crippen molar-refractivity contribution in [2.75, 3.05) is 6.54 Å². The fourth-order valence-corrected chi connectivity index (χ4v) is 4.89. The van der Waals surface area contributed by atoms with Gasteiger partial charge in [0.05, 0.1) is 4.90 Å². The summed E-state index contributed by atoms with van der Waals surface area (Å²) in [5, 5.41) is 4.88. The van der Waals surface area contributed by atoms with E-state index in [0.717, 1.165) is 11.1 Å². The summed E-state index contributed by atoms with van der Waals surface area (Å²) in [6, 6.07) is 6.07. The largest absolute Gasteiger partial charge is 0.326 e. The first-order valence-corrected chi connectivity index (χ1v) is 8.68. The summed E-state index contributed by atoms with van der Waals surface area (Å²) < 4.78 is 24.6. The zero-order valence-corrected chi connectivity index (χ0v) is 12.2. The Balaban J connectivity index is 1.87. The molecule has 0 spiro atoms. The van der Waals surface area contributed by atoms with Crippen LogP contribution in [-0.2, 0) is 16.4 Å². The van der Waals surface area contributed by atoms with Gasteiger partial charge in [-0.3, -0.25) is 0 Å². The van der Waals surface area contributed by atoms with Gasteiger partial charge < -0.3 is 11.1 Å². The Morgan fingerprint density at radius 1 is 1.25 bits per heavy atom. The number of hydrogen-bond donors (Lipinski definition) is 2. The Morgan fingerprint density at radius 2 is 2.00 bits per heavy atom. The molecule has 0 bridgehead atoms. The lowest BCUT2D eigenvalue weighted by Crippen LogP contribution is -2.27. The highest BCUT2D eigenvalue weighted by molar-refractivity contribution is 7.95. The summed E-state index contributed by atoms with van der Waals surface area (Å²) in [7, 11) is -3.33. The fraction of sp³-hybridized carbons (Fsp3) is 0.467. The van der Waals surface area contributed by atoms with Crippen molar-refractivity contribution in [3.05, 3.63) is 34.7 Å². The average molecular weight is 292 g/mol. The van der Waals surface area contributed by atoms with Crippen LogP contribution < -0.4 is 11.1 Å². The summed E-state index contributed by atoms with van der Waals surface area (Å²) in [5.41, 5.74) is 8.04. The molecule has 20 heavy (non-hydrogen) atoms. The molecule has 108 valence electrons. The van der Waals surface area contributed by atoms with Gasteiger partial charge in [0.2, 0.25) is 9.84 Å². The summed E-state index contributed by atoms with van der Waals surface area (Å²) in [4.78, 5) is 0.408. The average Bonchev–Trinajstić information content (AvgIpc) is 3.03. The maximum Gasteiger partial charge on any atom is 0.201 e. The molecule has 1 aromatic carbocycles. The Labute approximate surface area is 120 Å². The van der Waals surface area contributed by atoms with Crippen LogP contribution in [0.25, 0.3) is 5.57 Å². The highest BCUT2D eigenvalue weighted by Crippen LogP contribution is 2.35. The first kappa shape index (κ1) is 13.8. The van der Waals surface area contributed by atoms with Gasteiger partial charge >= 0.3 is 0 Å². The highest BCUT2D eigenvalue weighted by Gasteiger charge is 2.29. The Bertz CT molecular complexity index is 644. The Kier molecular flexibility index (Phi) is 3.67. The lowest BCUT2D eigenvalue weighted by atomic mass is 10.0. The first-order valence-electron chi connectivity index (χ1n) is 7.13. The molecular formula is C15H20N2O2S. The summed E-state index contributed by atoms with van der Waals surface area (Å²) in [6.07, 6.45) is 4.91. The minimum absolute atomic E-state index is 0.250. The predicted molar refractivity (Wildman–Crippen MR) is 79.8 cm³/mol. The smallest absolute Gasteiger partial charge is 0.201 e. The quantitative estimate of drug-likeness (QED) is 0.887. The molecule has 0 unspecified atom stereocenters. The van der Waals surface area contributed by atoms with Crippen molar-refractivity contribution < 1.29 is 8.42 Å². The molecule has 4 nitrogen and oxygen atoms in total. The van der Waals surface area contributed by atoms with Gasteiger partial charge in [-0.1, -0.05) is 31.0 Å². The van der Waals surface area contributed by atoms with Crippen LogP contribution in [0.15, 0.2) is 28.5 Å². The normalized spacial score (nSPS) is 20.9. The molecule has 5 heteroatoms. The summed E-state index contributed by atoms with van der Waals surface area (Å²) >= 11 is 0. The maximum absolute atomic E-state index is 12.3. The third kappa shape index (κ3) is 2.41. The minimum atomic E-state index is -3.33. The number of benzene rings is 1. The maximum atomic E-state index is 12.3. The van der Waals surface area contributed by atoms with E-state index in [1.165, 1.54) is 31.1 Å². The van der Waals surface area contributed by atoms with Gasteiger partial charge in [0, 0.05) is 24.5 Å². The van der Waals surface area contributed by atoms with Crippen LogP contribution in [0.5, 0.6) is 0 Å². The molecule has 0 atom stereocenters. The SMILES string of the molecule is NCc1cccc2c1S(=O)(=O)C=C2CNC1CCCC1. The van der Waals surface area contributed by atoms with Gasteiger partial charge in [-0.2, -0.15) is 0 Å². The molecule has 1 aromatic rings. The summed E-state index contributed by atoms with van der Waals surface area (Å²) in [6.45, 7) is 0.866. The second kappa shape index (κ2) is 5.31. The van der Waals surface area contributed by atoms with Crippen LogP contribution >= 0.6 is 0 Å². The molecule has 0 saturated heterocycles. The number of hydrogen-bond acceptors (Lipinski definition) is 4. The summed E-state index contributed by atoms with van der Waals surface area (Å²) in [5.74, 6) is 0. The topological polar surface area (TPSA) is 72.2 Å². The third-order valence-corrected chi connectivity index (χ3v) is 5.83. The van der Waals surface area contributed by atoms with Crippen molar-refractivity contribution in [2.45, 2.75) is 43.2 Å². The molecular weight excluding hydrogens is 272 g/mol. The Hall–Kier alpha value is -1.17. The van der Waals surface area contributed by atoms with E-state index in [1.807, 2.05) is 12.1 Å². The van der Waals surface area contributed by atoms with Crippen molar-refractivity contribution in [3.8, 4) is 0 Å². The molecule has 1 heterocycles. The molecule has 0 amide bonds. The van der Waals surface area contributed by atoms with E-state index in [9.17, 15) is 8.42 Å². The second-order valence-electron chi connectivity index (χ2n) is 5.55. The molecule has 1 fully saturated rings. The number of sulfone groups is 1. The molecule has 1 aliphatic heterocycles. The van der Waals surface area contributed by atoms with Crippen molar-refractivity contribution >= 4 is 15.4 Å². The Morgan fingerprint density at radius 3 is 2.70 bits per heavy atom. The molecule has 3 N–H and O–H groups in total. The molecule has 2 aliphatic rings. The molecule has 3 rings (SSSR count). The molecule has 0 aromatic heterocycles. The highest BCUT2D eigenvalue weighted by atomic mass is 32.2. The zero-order valence-electron chi connectivity index (χ0n) is 11.4. The van der Waals surface area contributed by atoms with E-state index in [1.54, 1.807) is 6.07 Å². The zero-order chi connectivity index (χ0) is 14.2. The van der Waals surface area contributed by atoms with E-state index < -0.39 is 9.84 Å². The van der Waals surface area contributed by atoms with Crippen molar-refractivity contribution in [3.63, 3.8) is 0 Å². The van der Waals surface area contributed by atoms with Gasteiger partial charge in [-0.25, -0.2) is 8.42 Å². The van der Waals surface area contributed by atoms with Crippen molar-refractivity contribution in [1.29, 1.82) is 0 Å². The van der Waals surface area contributed by atoms with Crippen LogP contribution in [0.2, 0.25) is 0 Å². The molecule has 0 radical (unpaired) electrons. The monoisotopic (exact) mass is 292 g/mol. The van der Waals surface area contributed by atoms with Gasteiger partial charge in [0.25, 0.3) is 0 Å². The molecule has 1 saturated carbocycles. The van der Waals surface area contributed by atoms with E-state index in [2.05, 4.69) is 5.32 Å². The molecule has 1 aliphatic carbocycles. The third-order valence-electron chi connectivity index (χ3n) is 4.18. The van der Waals surface area contributed by atoms with Gasteiger partial charge in [0.15, 0.2) is 0 Å². The predicted octanol–water partition coefficient (Wildman–Crippen LogP) is 1.81. The standard InChI is InChI=1S/C15H20N2O2S/c16-8-11-4-3-7-14-12(10-20(18,19)15(11)14)9-17-13-5-1-2-6-13/h3-4,7,10,13,17H,1-2,5-6,8-9,16H2. The number of nitrogens with one attached hydrogen (secondary N) is 1. The van der Waals surface area contributed by atoms with Crippen LogP contribution in [0.3, 0.4) is 0 Å². The number of nitrogens with two attached hydrogens (primary N) is 1. The van der Waals surface area contributed by atoms with E-state index in [-0.39, 0.29) is 6.54 Å². The van der Waals surface area contributed by atoms with Gasteiger partial charge in [-0.15, -0.1) is 0 Å². The van der Waals surface area contributed by atoms with E-state index >= 15 is 0 Å². The van der Waals surface area contributed by atoms with Crippen LogP contribution in [0.1, 0.15) is 36.8 Å². The number of rotatable bonds is 4. The van der Waals surface area contributed by atoms with Crippen LogP contribution in [-0.4, -0.2) is 21.0 Å². The lowest BCUT2D eigenvalue weighted by Gasteiger charge is -2.13. The van der Waals surface area contributed by atoms with Gasteiger partial charge in [-0.05, 0) is 29.5 Å². The van der Waals surface area contributed by atoms with Crippen molar-refractivity contribution in [1.82, 2.24) is 5.32 Å².